The fourth-order valence-electron chi connectivity index (χ4n) is 3.77. The summed E-state index contributed by atoms with van der Waals surface area (Å²) in [5.74, 6) is 0.342. The highest BCUT2D eigenvalue weighted by Crippen LogP contribution is 2.31. The van der Waals surface area contributed by atoms with Gasteiger partial charge in [0.05, 0.1) is 36.5 Å². The largest absolute Gasteiger partial charge is 0.573 e. The first-order valence-corrected chi connectivity index (χ1v) is 11.7. The first kappa shape index (κ1) is 26.5. The molecule has 0 saturated heterocycles. The van der Waals surface area contributed by atoms with Crippen LogP contribution in [0.1, 0.15) is 24.0 Å². The van der Waals surface area contributed by atoms with Gasteiger partial charge in [-0.3, -0.25) is 5.10 Å². The fourth-order valence-corrected chi connectivity index (χ4v) is 3.77. The van der Waals surface area contributed by atoms with E-state index in [1.807, 2.05) is 12.1 Å². The van der Waals surface area contributed by atoms with E-state index in [1.54, 1.807) is 24.7 Å². The van der Waals surface area contributed by atoms with Crippen LogP contribution in [0.15, 0.2) is 53.5 Å². The third-order valence-electron chi connectivity index (χ3n) is 5.44. The Morgan fingerprint density at radius 2 is 1.84 bits per heavy atom. The maximum Gasteiger partial charge on any atom is 0.573 e. The van der Waals surface area contributed by atoms with Crippen molar-refractivity contribution in [1.82, 2.24) is 20.7 Å². The van der Waals surface area contributed by atoms with Gasteiger partial charge in [0, 0.05) is 18.7 Å². The molecule has 0 aliphatic rings. The van der Waals surface area contributed by atoms with Crippen LogP contribution in [0.5, 0.6) is 11.5 Å². The van der Waals surface area contributed by atoms with Gasteiger partial charge in [-0.25, -0.2) is 0 Å². The summed E-state index contributed by atoms with van der Waals surface area (Å²) in [5, 5.41) is 24.1. The van der Waals surface area contributed by atoms with Crippen LogP contribution in [-0.2, 0) is 17.9 Å². The number of benzene rings is 2. The van der Waals surface area contributed by atoms with Gasteiger partial charge in [0.25, 0.3) is 0 Å². The maximum absolute atomic E-state index is 12.5. The Bertz CT molecular complexity index is 1260. The SMILES string of the molecule is OCc1cc(CNCCCCOCCOc2cc(-c3cnoc3)cc3[nH]ncc23)cc(OC(F)(F)F)c1. The number of H-pyrrole nitrogens is 1. The molecule has 198 valence electrons. The summed E-state index contributed by atoms with van der Waals surface area (Å²) in [6, 6.07) is 7.97. The molecule has 0 aliphatic carbocycles. The van der Waals surface area contributed by atoms with Crippen molar-refractivity contribution in [3.8, 4) is 22.6 Å². The number of halogens is 3. The molecule has 2 aromatic carbocycles. The predicted molar refractivity (Wildman–Crippen MR) is 128 cm³/mol. The minimum absolute atomic E-state index is 0.342. The molecule has 4 rings (SSSR count). The zero-order valence-corrected chi connectivity index (χ0v) is 19.9. The van der Waals surface area contributed by atoms with E-state index in [0.717, 1.165) is 34.9 Å². The van der Waals surface area contributed by atoms with Crippen molar-refractivity contribution in [2.75, 3.05) is 26.4 Å². The van der Waals surface area contributed by atoms with Crippen molar-refractivity contribution >= 4 is 10.9 Å². The highest BCUT2D eigenvalue weighted by atomic mass is 19.4. The predicted octanol–water partition coefficient (Wildman–Crippen LogP) is 4.57. The second-order valence-corrected chi connectivity index (χ2v) is 8.25. The van der Waals surface area contributed by atoms with Crippen LogP contribution in [0.4, 0.5) is 13.2 Å². The van der Waals surface area contributed by atoms with Crippen LogP contribution >= 0.6 is 0 Å². The lowest BCUT2D eigenvalue weighted by Gasteiger charge is -2.12. The molecule has 0 atom stereocenters. The molecule has 0 aliphatic heterocycles. The molecule has 0 radical (unpaired) electrons. The van der Waals surface area contributed by atoms with Gasteiger partial charge in [0.2, 0.25) is 0 Å². The Morgan fingerprint density at radius 3 is 2.62 bits per heavy atom. The Kier molecular flexibility index (Phi) is 8.99. The van der Waals surface area contributed by atoms with Crippen molar-refractivity contribution in [2.24, 2.45) is 0 Å². The molecular formula is C25H27F3N4O5. The lowest BCUT2D eigenvalue weighted by Crippen LogP contribution is -2.18. The normalized spacial score (nSPS) is 11.8. The maximum atomic E-state index is 12.5. The van der Waals surface area contributed by atoms with Crippen LogP contribution in [-0.4, -0.2) is 53.2 Å². The summed E-state index contributed by atoms with van der Waals surface area (Å²) in [6.07, 6.45) is 1.75. The molecule has 37 heavy (non-hydrogen) atoms. The monoisotopic (exact) mass is 520 g/mol. The van der Waals surface area contributed by atoms with Crippen LogP contribution < -0.4 is 14.8 Å². The number of aliphatic hydroxyl groups is 1. The molecule has 0 unspecified atom stereocenters. The van der Waals surface area contributed by atoms with Crippen molar-refractivity contribution in [2.45, 2.75) is 32.4 Å². The molecule has 2 heterocycles. The average Bonchev–Trinajstić information content (AvgIpc) is 3.56. The Balaban J connectivity index is 1.13. The zero-order valence-electron chi connectivity index (χ0n) is 19.9. The summed E-state index contributed by atoms with van der Waals surface area (Å²) in [6.45, 7) is 1.98. The highest BCUT2D eigenvalue weighted by molar-refractivity contribution is 5.89. The van der Waals surface area contributed by atoms with Gasteiger partial charge in [0.15, 0.2) is 0 Å². The van der Waals surface area contributed by atoms with Crippen LogP contribution in [0.3, 0.4) is 0 Å². The van der Waals surface area contributed by atoms with E-state index in [2.05, 4.69) is 25.4 Å². The number of alkyl halides is 3. The molecule has 0 bridgehead atoms. The highest BCUT2D eigenvalue weighted by Gasteiger charge is 2.31. The fraction of sp³-hybridized carbons (Fsp3) is 0.360. The lowest BCUT2D eigenvalue weighted by molar-refractivity contribution is -0.274. The first-order valence-electron chi connectivity index (χ1n) is 11.7. The summed E-state index contributed by atoms with van der Waals surface area (Å²) < 4.78 is 57.9. The molecule has 4 aromatic rings. The van der Waals surface area contributed by atoms with Gasteiger partial charge in [-0.05, 0) is 60.3 Å². The summed E-state index contributed by atoms with van der Waals surface area (Å²) in [5.41, 5.74) is 3.53. The van der Waals surface area contributed by atoms with Crippen LogP contribution in [0.2, 0.25) is 0 Å². The number of hydrogen-bond donors (Lipinski definition) is 3. The second kappa shape index (κ2) is 12.6. The van der Waals surface area contributed by atoms with E-state index in [0.29, 0.717) is 49.8 Å². The van der Waals surface area contributed by atoms with E-state index in [1.165, 1.54) is 12.1 Å². The van der Waals surface area contributed by atoms with Crippen molar-refractivity contribution in [3.05, 3.63) is 60.1 Å². The van der Waals surface area contributed by atoms with E-state index < -0.39 is 6.36 Å². The molecule has 0 amide bonds. The smallest absolute Gasteiger partial charge is 0.490 e. The van der Waals surface area contributed by atoms with Crippen LogP contribution in [0.25, 0.3) is 22.0 Å². The Hall–Kier alpha value is -3.61. The number of nitrogens with zero attached hydrogens (tertiary/aromatic N) is 2. The average molecular weight is 521 g/mol. The number of fused-ring (bicyclic) bond motifs is 1. The van der Waals surface area contributed by atoms with Crippen LogP contribution in [0, 0.1) is 0 Å². The van der Waals surface area contributed by atoms with E-state index in [4.69, 9.17) is 14.0 Å². The summed E-state index contributed by atoms with van der Waals surface area (Å²) >= 11 is 0. The third kappa shape index (κ3) is 7.94. The van der Waals surface area contributed by atoms with Gasteiger partial charge >= 0.3 is 6.36 Å². The number of rotatable bonds is 14. The quantitative estimate of drug-likeness (QED) is 0.207. The number of unbranched alkanes of at least 4 members (excludes halogenated alkanes) is 1. The molecule has 9 nitrogen and oxygen atoms in total. The molecule has 0 spiro atoms. The number of aromatic amines is 1. The summed E-state index contributed by atoms with van der Waals surface area (Å²) in [4.78, 5) is 0. The zero-order chi connectivity index (χ0) is 26.1. The number of nitrogens with one attached hydrogen (secondary N) is 2. The molecule has 12 heteroatoms. The molecule has 0 saturated carbocycles. The molecule has 0 fully saturated rings. The third-order valence-corrected chi connectivity index (χ3v) is 5.44. The number of aromatic nitrogens is 3. The number of aliphatic hydroxyl groups excluding tert-OH is 1. The van der Waals surface area contributed by atoms with E-state index in [9.17, 15) is 18.3 Å². The van der Waals surface area contributed by atoms with Gasteiger partial charge < -0.3 is 29.2 Å². The van der Waals surface area contributed by atoms with E-state index >= 15 is 0 Å². The van der Waals surface area contributed by atoms with Crippen molar-refractivity contribution in [1.29, 1.82) is 0 Å². The van der Waals surface area contributed by atoms with Crippen molar-refractivity contribution < 1.29 is 37.0 Å². The Morgan fingerprint density at radius 1 is 0.973 bits per heavy atom. The standard InChI is InChI=1S/C25H27F3N4O5/c26-25(27,28)37-21-8-17(7-18(9-21)15-33)12-29-3-1-2-4-34-5-6-35-24-11-19(20-13-31-36-16-20)10-23-22(24)14-30-32-23/h7-11,13-14,16,29,33H,1-6,12,15H2,(H,30,32). The number of hydrogen-bond acceptors (Lipinski definition) is 8. The Labute approximate surface area is 210 Å². The second-order valence-electron chi connectivity index (χ2n) is 8.25. The molecular weight excluding hydrogens is 493 g/mol. The van der Waals surface area contributed by atoms with Gasteiger partial charge in [0.1, 0.15) is 24.4 Å². The topological polar surface area (TPSA) is 115 Å². The molecule has 3 N–H and O–H groups in total. The minimum atomic E-state index is -4.78. The molecule has 2 aromatic heterocycles. The minimum Gasteiger partial charge on any atom is -0.490 e. The lowest BCUT2D eigenvalue weighted by atomic mass is 10.1. The van der Waals surface area contributed by atoms with E-state index in [-0.39, 0.29) is 12.4 Å². The van der Waals surface area contributed by atoms with Gasteiger partial charge in [-0.2, -0.15) is 5.10 Å². The van der Waals surface area contributed by atoms with Crippen molar-refractivity contribution in [3.63, 3.8) is 0 Å². The van der Waals surface area contributed by atoms with Gasteiger partial charge in [-0.15, -0.1) is 13.2 Å². The summed E-state index contributed by atoms with van der Waals surface area (Å²) in [7, 11) is 0. The van der Waals surface area contributed by atoms with Gasteiger partial charge in [-0.1, -0.05) is 11.2 Å². The number of ether oxygens (including phenoxy) is 3. The first-order chi connectivity index (χ1) is 17.9.